The van der Waals surface area contributed by atoms with Crippen LogP contribution in [0, 0.1) is 0 Å². The second-order valence-corrected chi connectivity index (χ2v) is 5.18. The highest BCUT2D eigenvalue weighted by molar-refractivity contribution is 7.91. The van der Waals surface area contributed by atoms with E-state index < -0.39 is 22.3 Å². The molecule has 0 aliphatic heterocycles. The maximum Gasteiger partial charge on any atom is 0.182 e. The van der Waals surface area contributed by atoms with Crippen molar-refractivity contribution >= 4 is 27.1 Å². The number of nitrogens with two attached hydrogens (primary N) is 1. The van der Waals surface area contributed by atoms with Crippen LogP contribution in [-0.2, 0) is 9.84 Å². The van der Waals surface area contributed by atoms with Crippen LogP contribution in [0.25, 0.3) is 0 Å². The van der Waals surface area contributed by atoms with Gasteiger partial charge in [0.2, 0.25) is 0 Å². The SMILES string of the molecule is Nc1ccc(Cl)c(S(=O)(=O)CCF)c1. The molecule has 3 nitrogen and oxygen atoms in total. The Labute approximate surface area is 86.6 Å². The zero-order chi connectivity index (χ0) is 10.8. The molecule has 1 rings (SSSR count). The fraction of sp³-hybridized carbons (Fsp3) is 0.250. The van der Waals surface area contributed by atoms with Gasteiger partial charge in [-0.3, -0.25) is 0 Å². The molecule has 0 unspecified atom stereocenters. The molecule has 14 heavy (non-hydrogen) atoms. The van der Waals surface area contributed by atoms with Gasteiger partial charge < -0.3 is 5.73 Å². The van der Waals surface area contributed by atoms with Crippen LogP contribution in [0.1, 0.15) is 0 Å². The minimum absolute atomic E-state index is 0.0626. The van der Waals surface area contributed by atoms with Gasteiger partial charge in [0.05, 0.1) is 15.7 Å². The number of rotatable bonds is 3. The van der Waals surface area contributed by atoms with Gasteiger partial charge in [0.25, 0.3) is 0 Å². The fourth-order valence-corrected chi connectivity index (χ4v) is 2.54. The van der Waals surface area contributed by atoms with Crippen LogP contribution in [0.3, 0.4) is 0 Å². The predicted molar refractivity (Wildman–Crippen MR) is 53.9 cm³/mol. The monoisotopic (exact) mass is 237 g/mol. The van der Waals surface area contributed by atoms with Gasteiger partial charge in [0, 0.05) is 5.69 Å². The van der Waals surface area contributed by atoms with Crippen LogP contribution < -0.4 is 5.73 Å². The molecule has 1 aromatic rings. The predicted octanol–water partition coefficient (Wildman–Crippen LogP) is 1.67. The highest BCUT2D eigenvalue weighted by atomic mass is 35.5. The summed E-state index contributed by atoms with van der Waals surface area (Å²) >= 11 is 5.66. The number of anilines is 1. The first-order chi connectivity index (χ1) is 6.47. The van der Waals surface area contributed by atoms with Crippen molar-refractivity contribution < 1.29 is 12.8 Å². The third-order valence-corrected chi connectivity index (χ3v) is 3.78. The molecular weight excluding hydrogens is 229 g/mol. The van der Waals surface area contributed by atoms with Gasteiger partial charge in [0.1, 0.15) is 6.67 Å². The van der Waals surface area contributed by atoms with E-state index in [-0.39, 0.29) is 15.6 Å². The highest BCUT2D eigenvalue weighted by Gasteiger charge is 2.17. The lowest BCUT2D eigenvalue weighted by Crippen LogP contribution is -2.09. The smallest absolute Gasteiger partial charge is 0.182 e. The third kappa shape index (κ3) is 2.36. The zero-order valence-corrected chi connectivity index (χ0v) is 8.78. The molecule has 0 fully saturated rings. The van der Waals surface area contributed by atoms with Crippen molar-refractivity contribution in [1.29, 1.82) is 0 Å². The van der Waals surface area contributed by atoms with Crippen LogP contribution in [0.2, 0.25) is 5.02 Å². The molecule has 0 bridgehead atoms. The van der Waals surface area contributed by atoms with Crippen molar-refractivity contribution in [2.75, 3.05) is 18.2 Å². The van der Waals surface area contributed by atoms with E-state index in [0.29, 0.717) is 0 Å². The number of alkyl halides is 1. The second kappa shape index (κ2) is 4.14. The Morgan fingerprint density at radius 1 is 1.43 bits per heavy atom. The van der Waals surface area contributed by atoms with Gasteiger partial charge in [-0.1, -0.05) is 11.6 Å². The molecule has 0 radical (unpaired) electrons. The van der Waals surface area contributed by atoms with E-state index >= 15 is 0 Å². The summed E-state index contributed by atoms with van der Waals surface area (Å²) in [6.07, 6.45) is 0. The molecule has 0 atom stereocenters. The minimum atomic E-state index is -3.65. The van der Waals surface area contributed by atoms with Crippen molar-refractivity contribution in [2.24, 2.45) is 0 Å². The number of nitrogen functional groups attached to an aromatic ring is 1. The van der Waals surface area contributed by atoms with E-state index in [1.54, 1.807) is 0 Å². The Morgan fingerprint density at radius 3 is 2.64 bits per heavy atom. The molecule has 0 spiro atoms. The average Bonchev–Trinajstić information content (AvgIpc) is 2.09. The molecule has 78 valence electrons. The molecule has 0 aromatic heterocycles. The molecule has 0 amide bonds. The molecule has 0 aliphatic rings. The molecule has 6 heteroatoms. The Balaban J connectivity index is 3.25. The average molecular weight is 238 g/mol. The van der Waals surface area contributed by atoms with E-state index in [1.165, 1.54) is 18.2 Å². The van der Waals surface area contributed by atoms with E-state index in [2.05, 4.69) is 0 Å². The zero-order valence-electron chi connectivity index (χ0n) is 7.20. The lowest BCUT2D eigenvalue weighted by atomic mass is 10.3. The molecule has 0 saturated heterocycles. The van der Waals surface area contributed by atoms with Crippen LogP contribution in [0.15, 0.2) is 23.1 Å². The lowest BCUT2D eigenvalue weighted by Gasteiger charge is -2.05. The first kappa shape index (κ1) is 11.3. The second-order valence-electron chi connectivity index (χ2n) is 2.70. The van der Waals surface area contributed by atoms with Crippen molar-refractivity contribution in [1.82, 2.24) is 0 Å². The normalized spacial score (nSPS) is 11.6. The van der Waals surface area contributed by atoms with Crippen LogP contribution >= 0.6 is 11.6 Å². The Bertz CT molecular complexity index is 433. The Morgan fingerprint density at radius 2 is 2.07 bits per heavy atom. The third-order valence-electron chi connectivity index (χ3n) is 1.64. The number of sulfone groups is 1. The van der Waals surface area contributed by atoms with Crippen molar-refractivity contribution in [3.8, 4) is 0 Å². The largest absolute Gasteiger partial charge is 0.399 e. The first-order valence-corrected chi connectivity index (χ1v) is 5.84. The fourth-order valence-electron chi connectivity index (χ4n) is 0.970. The molecule has 0 aliphatic carbocycles. The summed E-state index contributed by atoms with van der Waals surface area (Å²) in [4.78, 5) is -0.114. The summed E-state index contributed by atoms with van der Waals surface area (Å²) < 4.78 is 34.8. The van der Waals surface area contributed by atoms with Gasteiger partial charge in [-0.25, -0.2) is 12.8 Å². The summed E-state index contributed by atoms with van der Waals surface area (Å²) in [5.41, 5.74) is 5.69. The number of hydrogen-bond donors (Lipinski definition) is 1. The number of halogens is 2. The van der Waals surface area contributed by atoms with Gasteiger partial charge in [-0.05, 0) is 18.2 Å². The van der Waals surface area contributed by atoms with Crippen LogP contribution in [-0.4, -0.2) is 20.8 Å². The summed E-state index contributed by atoms with van der Waals surface area (Å²) in [7, 11) is -3.65. The lowest BCUT2D eigenvalue weighted by molar-refractivity contribution is 0.517. The highest BCUT2D eigenvalue weighted by Crippen LogP contribution is 2.24. The van der Waals surface area contributed by atoms with E-state index in [9.17, 15) is 12.8 Å². The summed E-state index contributed by atoms with van der Waals surface area (Å²) in [5, 5.41) is 0.0626. The topological polar surface area (TPSA) is 60.2 Å². The van der Waals surface area contributed by atoms with Crippen LogP contribution in [0.5, 0.6) is 0 Å². The van der Waals surface area contributed by atoms with Crippen molar-refractivity contribution in [3.05, 3.63) is 23.2 Å². The van der Waals surface area contributed by atoms with Crippen LogP contribution in [0.4, 0.5) is 10.1 Å². The molecule has 2 N–H and O–H groups in total. The quantitative estimate of drug-likeness (QED) is 0.814. The summed E-state index contributed by atoms with van der Waals surface area (Å²) in [5.74, 6) is -0.573. The van der Waals surface area contributed by atoms with Gasteiger partial charge in [-0.2, -0.15) is 0 Å². The van der Waals surface area contributed by atoms with E-state index in [0.717, 1.165) is 0 Å². The maximum atomic E-state index is 12.0. The maximum absolute atomic E-state index is 12.0. The van der Waals surface area contributed by atoms with Gasteiger partial charge >= 0.3 is 0 Å². The first-order valence-electron chi connectivity index (χ1n) is 3.81. The number of hydrogen-bond acceptors (Lipinski definition) is 3. The Kier molecular flexibility index (Phi) is 3.34. The summed E-state index contributed by atoms with van der Waals surface area (Å²) in [6, 6.07) is 4.09. The molecule has 1 aromatic carbocycles. The van der Waals surface area contributed by atoms with Gasteiger partial charge in [-0.15, -0.1) is 0 Å². The number of benzene rings is 1. The van der Waals surface area contributed by atoms with E-state index in [1.807, 2.05) is 0 Å². The molecule has 0 heterocycles. The van der Waals surface area contributed by atoms with Crippen molar-refractivity contribution in [2.45, 2.75) is 4.90 Å². The van der Waals surface area contributed by atoms with Crippen molar-refractivity contribution in [3.63, 3.8) is 0 Å². The summed E-state index contributed by atoms with van der Waals surface area (Å²) in [6.45, 7) is -0.937. The molecular formula is C8H9ClFNO2S. The Hall–Kier alpha value is -0.810. The standard InChI is InChI=1S/C8H9ClFNO2S/c9-7-2-1-6(11)5-8(7)14(12,13)4-3-10/h1-2,5H,3-4,11H2. The minimum Gasteiger partial charge on any atom is -0.399 e. The van der Waals surface area contributed by atoms with E-state index in [4.69, 9.17) is 17.3 Å². The van der Waals surface area contributed by atoms with Gasteiger partial charge in [0.15, 0.2) is 9.84 Å². The molecule has 0 saturated carbocycles.